The number of aliphatic hydroxyl groups excluding tert-OH is 1. The van der Waals surface area contributed by atoms with Crippen molar-refractivity contribution in [1.29, 1.82) is 0 Å². The molecule has 1 N–H and O–H groups in total. The minimum Gasteiger partial charge on any atom is -0.396 e. The van der Waals surface area contributed by atoms with Gasteiger partial charge in [0.2, 0.25) is 0 Å². The average molecular weight is 221 g/mol. The quantitative estimate of drug-likeness (QED) is 0.865. The summed E-state index contributed by atoms with van der Waals surface area (Å²) in [5, 5.41) is 12.6. The van der Waals surface area contributed by atoms with Crippen molar-refractivity contribution in [3.05, 3.63) is 41.4 Å². The number of aromatic nitrogens is 1. The van der Waals surface area contributed by atoms with Crippen LogP contribution in [-0.4, -0.2) is 16.9 Å². The smallest absolute Gasteiger partial charge is 0.139 e. The van der Waals surface area contributed by atoms with Crippen LogP contribution in [0.5, 0.6) is 0 Å². The van der Waals surface area contributed by atoms with E-state index in [9.17, 15) is 4.39 Å². The highest BCUT2D eigenvalue weighted by Gasteiger charge is 2.09. The van der Waals surface area contributed by atoms with E-state index in [0.717, 1.165) is 11.1 Å². The molecule has 0 spiro atoms. The average Bonchev–Trinajstić information content (AvgIpc) is 2.67. The third kappa shape index (κ3) is 2.12. The van der Waals surface area contributed by atoms with Crippen LogP contribution in [0.4, 0.5) is 4.39 Å². The van der Waals surface area contributed by atoms with E-state index in [1.165, 1.54) is 12.1 Å². The van der Waals surface area contributed by atoms with Gasteiger partial charge in [0.1, 0.15) is 17.3 Å². The summed E-state index contributed by atoms with van der Waals surface area (Å²) >= 11 is 0. The second-order valence-electron chi connectivity index (χ2n) is 3.61. The summed E-state index contributed by atoms with van der Waals surface area (Å²) in [6.45, 7) is 1.84. The van der Waals surface area contributed by atoms with Gasteiger partial charge in [-0.25, -0.2) is 4.39 Å². The van der Waals surface area contributed by atoms with Crippen LogP contribution in [-0.2, 0) is 6.42 Å². The molecule has 1 aromatic carbocycles. The Morgan fingerprint density at radius 3 is 2.88 bits per heavy atom. The Kier molecular flexibility index (Phi) is 3.01. The molecule has 0 unspecified atom stereocenters. The van der Waals surface area contributed by atoms with Crippen molar-refractivity contribution in [1.82, 2.24) is 5.16 Å². The molecule has 4 heteroatoms. The van der Waals surface area contributed by atoms with Gasteiger partial charge in [0.25, 0.3) is 0 Å². The maximum Gasteiger partial charge on any atom is 0.139 e. The number of nitrogens with zero attached hydrogens (tertiary/aromatic N) is 1. The van der Waals surface area contributed by atoms with Crippen molar-refractivity contribution in [2.45, 2.75) is 13.3 Å². The first-order chi connectivity index (χ1) is 7.70. The summed E-state index contributed by atoms with van der Waals surface area (Å²) in [6.07, 6.45) is 0.438. The van der Waals surface area contributed by atoms with Gasteiger partial charge in [-0.2, -0.15) is 0 Å². The number of aryl methyl sites for hydroxylation is 1. The Morgan fingerprint density at radius 2 is 2.19 bits per heavy atom. The van der Waals surface area contributed by atoms with Gasteiger partial charge in [0.15, 0.2) is 0 Å². The lowest BCUT2D eigenvalue weighted by atomic mass is 10.1. The lowest BCUT2D eigenvalue weighted by Crippen LogP contribution is -1.87. The molecular formula is C12H12FNO2. The summed E-state index contributed by atoms with van der Waals surface area (Å²) in [5.74, 6) is 0.363. The van der Waals surface area contributed by atoms with Gasteiger partial charge < -0.3 is 9.63 Å². The topological polar surface area (TPSA) is 46.3 Å². The largest absolute Gasteiger partial charge is 0.396 e. The predicted octanol–water partition coefficient (Wildman–Crippen LogP) is 2.32. The van der Waals surface area contributed by atoms with Gasteiger partial charge in [-0.15, -0.1) is 0 Å². The molecule has 84 valence electrons. The van der Waals surface area contributed by atoms with Crippen molar-refractivity contribution in [2.24, 2.45) is 0 Å². The molecule has 0 saturated heterocycles. The van der Waals surface area contributed by atoms with Crippen molar-refractivity contribution in [3.8, 4) is 11.3 Å². The fraction of sp³-hybridized carbons (Fsp3) is 0.250. The zero-order valence-corrected chi connectivity index (χ0v) is 8.90. The molecule has 0 amide bonds. The van der Waals surface area contributed by atoms with E-state index < -0.39 is 0 Å². The molecule has 1 heterocycles. The van der Waals surface area contributed by atoms with Gasteiger partial charge in [0.05, 0.1) is 6.61 Å². The molecule has 2 rings (SSSR count). The molecule has 0 aliphatic rings. The molecule has 2 aromatic rings. The van der Waals surface area contributed by atoms with Gasteiger partial charge in [-0.3, -0.25) is 0 Å². The Labute approximate surface area is 92.5 Å². The van der Waals surface area contributed by atoms with Crippen LogP contribution >= 0.6 is 0 Å². The number of aliphatic hydroxyl groups is 1. The lowest BCUT2D eigenvalue weighted by molar-refractivity contribution is 0.277. The van der Waals surface area contributed by atoms with Crippen LogP contribution < -0.4 is 0 Å². The standard InChI is InChI=1S/C12H12FNO2/c1-8-6-9(13)2-3-11(8)12-7-10(4-5-15)16-14-12/h2-3,6-7,15H,4-5H2,1H3. The van der Waals surface area contributed by atoms with E-state index in [1.807, 2.05) is 6.92 Å². The van der Waals surface area contributed by atoms with E-state index in [2.05, 4.69) is 5.16 Å². The van der Waals surface area contributed by atoms with Crippen LogP contribution in [0.15, 0.2) is 28.8 Å². The Balaban J connectivity index is 2.35. The second kappa shape index (κ2) is 4.45. The van der Waals surface area contributed by atoms with E-state index in [-0.39, 0.29) is 12.4 Å². The summed E-state index contributed by atoms with van der Waals surface area (Å²) in [4.78, 5) is 0. The number of rotatable bonds is 3. The molecule has 3 nitrogen and oxygen atoms in total. The number of hydrogen-bond acceptors (Lipinski definition) is 3. The summed E-state index contributed by atoms with van der Waals surface area (Å²) in [5.41, 5.74) is 2.32. The summed E-state index contributed by atoms with van der Waals surface area (Å²) in [7, 11) is 0. The predicted molar refractivity (Wildman–Crippen MR) is 57.4 cm³/mol. The lowest BCUT2D eigenvalue weighted by Gasteiger charge is -2.00. The van der Waals surface area contributed by atoms with E-state index in [0.29, 0.717) is 17.9 Å². The molecule has 0 saturated carbocycles. The normalized spacial score (nSPS) is 10.7. The first-order valence-electron chi connectivity index (χ1n) is 5.03. The highest BCUT2D eigenvalue weighted by atomic mass is 19.1. The van der Waals surface area contributed by atoms with E-state index >= 15 is 0 Å². The fourth-order valence-electron chi connectivity index (χ4n) is 1.58. The second-order valence-corrected chi connectivity index (χ2v) is 3.61. The third-order valence-corrected chi connectivity index (χ3v) is 2.38. The highest BCUT2D eigenvalue weighted by molar-refractivity contribution is 5.63. The van der Waals surface area contributed by atoms with Crippen LogP contribution in [0.25, 0.3) is 11.3 Å². The van der Waals surface area contributed by atoms with Gasteiger partial charge in [0, 0.05) is 18.1 Å². The summed E-state index contributed by atoms with van der Waals surface area (Å²) in [6, 6.07) is 6.28. The number of benzene rings is 1. The van der Waals surface area contributed by atoms with E-state index in [4.69, 9.17) is 9.63 Å². The minimum absolute atomic E-state index is 0.0248. The molecule has 0 bridgehead atoms. The monoisotopic (exact) mass is 221 g/mol. The molecular weight excluding hydrogens is 209 g/mol. The first kappa shape index (κ1) is 10.8. The van der Waals surface area contributed by atoms with Crippen molar-refractivity contribution in [3.63, 3.8) is 0 Å². The zero-order valence-electron chi connectivity index (χ0n) is 8.90. The molecule has 1 aromatic heterocycles. The van der Waals surface area contributed by atoms with Crippen molar-refractivity contribution >= 4 is 0 Å². The third-order valence-electron chi connectivity index (χ3n) is 2.38. The number of hydrogen-bond donors (Lipinski definition) is 1. The minimum atomic E-state index is -0.264. The number of halogens is 1. The molecule has 0 aliphatic heterocycles. The molecule has 0 atom stereocenters. The van der Waals surface area contributed by atoms with Gasteiger partial charge in [-0.05, 0) is 30.7 Å². The van der Waals surface area contributed by atoms with Gasteiger partial charge >= 0.3 is 0 Å². The Bertz CT molecular complexity index is 494. The van der Waals surface area contributed by atoms with Gasteiger partial charge in [-0.1, -0.05) is 5.16 Å². The Morgan fingerprint density at radius 1 is 1.38 bits per heavy atom. The zero-order chi connectivity index (χ0) is 11.5. The van der Waals surface area contributed by atoms with Crippen LogP contribution in [0.2, 0.25) is 0 Å². The fourth-order valence-corrected chi connectivity index (χ4v) is 1.58. The van der Waals surface area contributed by atoms with Crippen LogP contribution in [0, 0.1) is 12.7 Å². The first-order valence-corrected chi connectivity index (χ1v) is 5.03. The van der Waals surface area contributed by atoms with Crippen LogP contribution in [0.1, 0.15) is 11.3 Å². The molecule has 0 radical (unpaired) electrons. The maximum absolute atomic E-state index is 12.9. The molecule has 0 fully saturated rings. The molecule has 0 aliphatic carbocycles. The maximum atomic E-state index is 12.9. The summed E-state index contributed by atoms with van der Waals surface area (Å²) < 4.78 is 18.0. The molecule has 16 heavy (non-hydrogen) atoms. The van der Waals surface area contributed by atoms with E-state index in [1.54, 1.807) is 12.1 Å². The van der Waals surface area contributed by atoms with Crippen molar-refractivity contribution < 1.29 is 14.0 Å². The van der Waals surface area contributed by atoms with Crippen LogP contribution in [0.3, 0.4) is 0 Å². The SMILES string of the molecule is Cc1cc(F)ccc1-c1cc(CCO)on1. The van der Waals surface area contributed by atoms with Crippen molar-refractivity contribution in [2.75, 3.05) is 6.61 Å². The Hall–Kier alpha value is -1.68. The highest BCUT2D eigenvalue weighted by Crippen LogP contribution is 2.23.